The van der Waals surface area contributed by atoms with E-state index < -0.39 is 0 Å². The molecule has 1 aromatic carbocycles. The van der Waals surface area contributed by atoms with Gasteiger partial charge in [-0.05, 0) is 36.6 Å². The Morgan fingerprint density at radius 2 is 2.11 bits per heavy atom. The lowest BCUT2D eigenvalue weighted by Crippen LogP contribution is -2.25. The van der Waals surface area contributed by atoms with Crippen molar-refractivity contribution in [2.45, 2.75) is 19.8 Å². The fraction of sp³-hybridized carbons (Fsp3) is 0.500. The van der Waals surface area contributed by atoms with Crippen LogP contribution in [0.2, 0.25) is 0 Å². The predicted molar refractivity (Wildman–Crippen MR) is 71.2 cm³/mol. The molecule has 0 heterocycles. The molecule has 1 N–H and O–H groups in total. The lowest BCUT2D eigenvalue weighted by atomic mass is 10.1. The Bertz CT molecular complexity index is 391. The first-order valence-electron chi connectivity index (χ1n) is 6.17. The summed E-state index contributed by atoms with van der Waals surface area (Å²) < 4.78 is 10.2. The lowest BCUT2D eigenvalue weighted by molar-refractivity contribution is 0.0948. The zero-order chi connectivity index (χ0) is 13.4. The molecule has 0 bridgehead atoms. The van der Waals surface area contributed by atoms with Gasteiger partial charge in [-0.1, -0.05) is 6.92 Å². The van der Waals surface area contributed by atoms with Crippen molar-refractivity contribution in [3.63, 3.8) is 0 Å². The maximum atomic E-state index is 11.9. The normalized spacial score (nSPS) is 10.2. The van der Waals surface area contributed by atoms with Gasteiger partial charge in [0.2, 0.25) is 0 Å². The molecule has 4 nitrogen and oxygen atoms in total. The summed E-state index contributed by atoms with van der Waals surface area (Å²) in [5.41, 5.74) is 1.71. The molecule has 0 radical (unpaired) electrons. The van der Waals surface area contributed by atoms with E-state index in [1.165, 1.54) is 0 Å². The van der Waals surface area contributed by atoms with Gasteiger partial charge in [-0.15, -0.1) is 0 Å². The number of hydrogen-bond donors (Lipinski definition) is 1. The molecule has 1 aromatic rings. The number of benzene rings is 1. The van der Waals surface area contributed by atoms with Crippen molar-refractivity contribution >= 4 is 5.91 Å². The minimum absolute atomic E-state index is 0.0524. The highest BCUT2D eigenvalue weighted by Gasteiger charge is 2.08. The molecule has 1 rings (SSSR count). The van der Waals surface area contributed by atoms with Gasteiger partial charge in [0.1, 0.15) is 5.75 Å². The Labute approximate surface area is 108 Å². The predicted octanol–water partition coefficient (Wildman–Crippen LogP) is 2.02. The van der Waals surface area contributed by atoms with E-state index in [1.54, 1.807) is 20.3 Å². The van der Waals surface area contributed by atoms with Gasteiger partial charge < -0.3 is 14.8 Å². The topological polar surface area (TPSA) is 47.6 Å². The summed E-state index contributed by atoms with van der Waals surface area (Å²) in [5.74, 6) is 0.775. The molecular weight excluding hydrogens is 230 g/mol. The highest BCUT2D eigenvalue weighted by atomic mass is 16.5. The monoisotopic (exact) mass is 251 g/mol. The number of methoxy groups -OCH3 is 2. The van der Waals surface area contributed by atoms with E-state index in [4.69, 9.17) is 9.47 Å². The fourth-order valence-corrected chi connectivity index (χ4v) is 1.72. The average Bonchev–Trinajstić information content (AvgIpc) is 2.42. The third kappa shape index (κ3) is 4.04. The van der Waals surface area contributed by atoms with Crippen molar-refractivity contribution in [2.75, 3.05) is 27.4 Å². The van der Waals surface area contributed by atoms with Gasteiger partial charge in [-0.25, -0.2) is 0 Å². The quantitative estimate of drug-likeness (QED) is 0.754. The summed E-state index contributed by atoms with van der Waals surface area (Å²) in [6, 6.07) is 5.50. The second kappa shape index (κ2) is 7.71. The summed E-state index contributed by atoms with van der Waals surface area (Å²) >= 11 is 0. The van der Waals surface area contributed by atoms with E-state index in [1.807, 2.05) is 19.1 Å². The Morgan fingerprint density at radius 3 is 2.72 bits per heavy atom. The van der Waals surface area contributed by atoms with Crippen molar-refractivity contribution in [1.29, 1.82) is 0 Å². The van der Waals surface area contributed by atoms with Crippen LogP contribution in [0.15, 0.2) is 18.2 Å². The molecule has 0 saturated heterocycles. The highest BCUT2D eigenvalue weighted by molar-refractivity contribution is 5.94. The number of carbonyl (C=O) groups is 1. The van der Waals surface area contributed by atoms with E-state index in [-0.39, 0.29) is 5.91 Å². The van der Waals surface area contributed by atoms with Crippen LogP contribution in [0.25, 0.3) is 0 Å². The number of ether oxygens (including phenoxy) is 2. The van der Waals surface area contributed by atoms with Gasteiger partial charge in [0.25, 0.3) is 5.91 Å². The zero-order valence-electron chi connectivity index (χ0n) is 11.3. The van der Waals surface area contributed by atoms with E-state index in [9.17, 15) is 4.79 Å². The number of carbonyl (C=O) groups excluding carboxylic acids is 1. The van der Waals surface area contributed by atoms with Crippen LogP contribution in [0.3, 0.4) is 0 Å². The third-order valence-corrected chi connectivity index (χ3v) is 2.73. The molecule has 100 valence electrons. The molecule has 18 heavy (non-hydrogen) atoms. The van der Waals surface area contributed by atoms with Crippen LogP contribution in [0.5, 0.6) is 5.75 Å². The maximum absolute atomic E-state index is 11.9. The van der Waals surface area contributed by atoms with Gasteiger partial charge >= 0.3 is 0 Å². The van der Waals surface area contributed by atoms with Crippen molar-refractivity contribution < 1.29 is 14.3 Å². The molecule has 0 aliphatic heterocycles. The van der Waals surface area contributed by atoms with Gasteiger partial charge in [0.05, 0.1) is 7.11 Å². The molecule has 0 unspecified atom stereocenters. The largest absolute Gasteiger partial charge is 0.496 e. The Balaban J connectivity index is 2.62. The molecule has 0 spiro atoms. The zero-order valence-corrected chi connectivity index (χ0v) is 11.3. The van der Waals surface area contributed by atoms with Crippen LogP contribution in [0, 0.1) is 0 Å². The maximum Gasteiger partial charge on any atom is 0.251 e. The van der Waals surface area contributed by atoms with Crippen molar-refractivity contribution in [2.24, 2.45) is 0 Å². The average molecular weight is 251 g/mol. The summed E-state index contributed by atoms with van der Waals surface area (Å²) in [6.45, 7) is 3.32. The van der Waals surface area contributed by atoms with Gasteiger partial charge in [0, 0.05) is 25.8 Å². The Hall–Kier alpha value is -1.55. The van der Waals surface area contributed by atoms with Crippen molar-refractivity contribution in [3.05, 3.63) is 29.3 Å². The smallest absolute Gasteiger partial charge is 0.251 e. The lowest BCUT2D eigenvalue weighted by Gasteiger charge is -2.09. The minimum Gasteiger partial charge on any atom is -0.496 e. The summed E-state index contributed by atoms with van der Waals surface area (Å²) in [6.07, 6.45) is 1.66. The molecule has 4 heteroatoms. The standard InChI is InChI=1S/C14H21NO3/c1-4-11-10-12(6-7-13(11)18-3)14(16)15-8-5-9-17-2/h6-7,10H,4-5,8-9H2,1-3H3,(H,15,16). The van der Waals surface area contributed by atoms with Gasteiger partial charge in [-0.3, -0.25) is 4.79 Å². The van der Waals surface area contributed by atoms with E-state index in [2.05, 4.69) is 5.32 Å². The minimum atomic E-state index is -0.0524. The van der Waals surface area contributed by atoms with E-state index in [0.717, 1.165) is 24.2 Å². The number of nitrogens with one attached hydrogen (secondary N) is 1. The molecule has 0 fully saturated rings. The molecular formula is C14H21NO3. The fourth-order valence-electron chi connectivity index (χ4n) is 1.72. The van der Waals surface area contributed by atoms with Crippen LogP contribution in [-0.2, 0) is 11.2 Å². The summed E-state index contributed by atoms with van der Waals surface area (Å²) in [5, 5.41) is 2.86. The van der Waals surface area contributed by atoms with Crippen LogP contribution in [0.4, 0.5) is 0 Å². The number of hydrogen-bond acceptors (Lipinski definition) is 3. The molecule has 0 aliphatic rings. The van der Waals surface area contributed by atoms with Crippen LogP contribution < -0.4 is 10.1 Å². The number of rotatable bonds is 7. The SMILES string of the molecule is CCc1cc(C(=O)NCCCOC)ccc1OC. The Morgan fingerprint density at radius 1 is 1.33 bits per heavy atom. The van der Waals surface area contributed by atoms with Crippen molar-refractivity contribution in [3.8, 4) is 5.75 Å². The van der Waals surface area contributed by atoms with Crippen LogP contribution in [-0.4, -0.2) is 33.3 Å². The van der Waals surface area contributed by atoms with Gasteiger partial charge in [0.15, 0.2) is 0 Å². The molecule has 0 atom stereocenters. The highest BCUT2D eigenvalue weighted by Crippen LogP contribution is 2.20. The van der Waals surface area contributed by atoms with Crippen LogP contribution in [0.1, 0.15) is 29.3 Å². The summed E-state index contributed by atoms with van der Waals surface area (Å²) in [4.78, 5) is 11.9. The first kappa shape index (κ1) is 14.5. The first-order chi connectivity index (χ1) is 8.72. The third-order valence-electron chi connectivity index (χ3n) is 2.73. The Kier molecular flexibility index (Phi) is 6.22. The second-order valence-corrected chi connectivity index (χ2v) is 3.98. The molecule has 0 aromatic heterocycles. The van der Waals surface area contributed by atoms with E-state index >= 15 is 0 Å². The second-order valence-electron chi connectivity index (χ2n) is 3.98. The summed E-state index contributed by atoms with van der Waals surface area (Å²) in [7, 11) is 3.29. The molecule has 0 aliphatic carbocycles. The van der Waals surface area contributed by atoms with Crippen LogP contribution >= 0.6 is 0 Å². The van der Waals surface area contributed by atoms with Crippen molar-refractivity contribution in [1.82, 2.24) is 5.32 Å². The molecule has 0 saturated carbocycles. The number of aryl methyl sites for hydroxylation is 1. The molecule has 1 amide bonds. The van der Waals surface area contributed by atoms with E-state index in [0.29, 0.717) is 18.7 Å². The van der Waals surface area contributed by atoms with Gasteiger partial charge in [-0.2, -0.15) is 0 Å². The number of amides is 1. The first-order valence-corrected chi connectivity index (χ1v) is 6.17.